The number of carbonyl (C=O) groups is 1. The maximum atomic E-state index is 12.8. The van der Waals surface area contributed by atoms with Crippen LogP contribution >= 0.6 is 0 Å². The number of hydrogen-bond acceptors (Lipinski definition) is 4. The van der Waals surface area contributed by atoms with Crippen LogP contribution in [0.1, 0.15) is 42.4 Å². The minimum atomic E-state index is -3.57. The van der Waals surface area contributed by atoms with Crippen LogP contribution in [0.2, 0.25) is 0 Å². The maximum Gasteiger partial charge on any atom is 0.295 e. The third-order valence-corrected chi connectivity index (χ3v) is 7.22. The summed E-state index contributed by atoms with van der Waals surface area (Å²) in [7, 11) is -3.57. The molecule has 3 aromatic rings. The summed E-state index contributed by atoms with van der Waals surface area (Å²) in [5, 5.41) is 2.69. The van der Waals surface area contributed by atoms with Gasteiger partial charge in [0.15, 0.2) is 5.82 Å². The van der Waals surface area contributed by atoms with Crippen molar-refractivity contribution in [1.82, 2.24) is 14.3 Å². The molecular formula is C21H22F2N4O3S. The van der Waals surface area contributed by atoms with Crippen molar-refractivity contribution in [2.75, 3.05) is 18.4 Å². The van der Waals surface area contributed by atoms with Crippen LogP contribution < -0.4 is 5.32 Å². The number of nitrogens with one attached hydrogen (secondary N) is 2. The van der Waals surface area contributed by atoms with Gasteiger partial charge in [0.05, 0.1) is 15.9 Å². The number of carbonyl (C=O) groups excluding carboxylic acids is 1. The molecule has 0 bridgehead atoms. The number of sulfonamides is 1. The van der Waals surface area contributed by atoms with Crippen LogP contribution in [0.15, 0.2) is 47.4 Å². The van der Waals surface area contributed by atoms with Gasteiger partial charge >= 0.3 is 0 Å². The van der Waals surface area contributed by atoms with Gasteiger partial charge < -0.3 is 10.3 Å². The number of piperidine rings is 1. The lowest BCUT2D eigenvalue weighted by molar-refractivity contribution is 0.102. The monoisotopic (exact) mass is 448 g/mol. The van der Waals surface area contributed by atoms with E-state index in [0.29, 0.717) is 35.7 Å². The molecule has 1 atom stereocenters. The highest BCUT2D eigenvalue weighted by molar-refractivity contribution is 7.89. The van der Waals surface area contributed by atoms with Crippen molar-refractivity contribution < 1.29 is 22.0 Å². The smallest absolute Gasteiger partial charge is 0.295 e. The second kappa shape index (κ2) is 8.35. The normalized spacial score (nSPS) is 17.9. The van der Waals surface area contributed by atoms with Gasteiger partial charge in [-0.15, -0.1) is 0 Å². The van der Waals surface area contributed by atoms with Crippen molar-refractivity contribution in [3.8, 4) is 0 Å². The number of aromatic nitrogens is 2. The van der Waals surface area contributed by atoms with Crippen LogP contribution in [0.3, 0.4) is 0 Å². The summed E-state index contributed by atoms with van der Waals surface area (Å²) in [4.78, 5) is 19.0. The summed E-state index contributed by atoms with van der Waals surface area (Å²) < 4.78 is 52.8. The zero-order valence-electron chi connectivity index (χ0n) is 16.8. The number of anilines is 1. The van der Waals surface area contributed by atoms with Crippen molar-refractivity contribution in [2.24, 2.45) is 5.92 Å². The summed E-state index contributed by atoms with van der Waals surface area (Å²) in [6.45, 7) is 3.05. The molecule has 31 heavy (non-hydrogen) atoms. The van der Waals surface area contributed by atoms with Gasteiger partial charge in [0.25, 0.3) is 12.3 Å². The van der Waals surface area contributed by atoms with Gasteiger partial charge in [0.1, 0.15) is 0 Å². The molecular weight excluding hydrogens is 426 g/mol. The summed E-state index contributed by atoms with van der Waals surface area (Å²) in [6.07, 6.45) is -0.869. The summed E-state index contributed by atoms with van der Waals surface area (Å²) in [6, 6.07) is 10.4. The van der Waals surface area contributed by atoms with Crippen LogP contribution in [0.25, 0.3) is 11.0 Å². The highest BCUT2D eigenvalue weighted by Gasteiger charge is 2.28. The van der Waals surface area contributed by atoms with Crippen LogP contribution in [0.5, 0.6) is 0 Å². The van der Waals surface area contributed by atoms with Crippen LogP contribution in [0, 0.1) is 5.92 Å². The van der Waals surface area contributed by atoms with Crippen molar-refractivity contribution in [3.63, 3.8) is 0 Å². The zero-order chi connectivity index (χ0) is 22.2. The predicted molar refractivity (Wildman–Crippen MR) is 113 cm³/mol. The number of aromatic amines is 1. The van der Waals surface area contributed by atoms with E-state index in [9.17, 15) is 22.0 Å². The van der Waals surface area contributed by atoms with Gasteiger partial charge in [0, 0.05) is 24.3 Å². The van der Waals surface area contributed by atoms with Crippen LogP contribution in [-0.4, -0.2) is 41.7 Å². The van der Waals surface area contributed by atoms with Crippen molar-refractivity contribution in [3.05, 3.63) is 53.9 Å². The molecule has 0 spiro atoms. The second-order valence-electron chi connectivity index (χ2n) is 7.74. The minimum Gasteiger partial charge on any atom is -0.337 e. The van der Waals surface area contributed by atoms with E-state index >= 15 is 0 Å². The summed E-state index contributed by atoms with van der Waals surface area (Å²) in [5.41, 5.74) is 1.36. The Balaban J connectivity index is 1.48. The van der Waals surface area contributed by atoms with E-state index in [2.05, 4.69) is 15.3 Å². The Bertz CT molecular complexity index is 1210. The highest BCUT2D eigenvalue weighted by atomic mass is 32.2. The molecule has 7 nitrogen and oxygen atoms in total. The van der Waals surface area contributed by atoms with Gasteiger partial charge in [0.2, 0.25) is 10.0 Å². The molecule has 1 amide bonds. The molecule has 1 aromatic heterocycles. The molecule has 2 N–H and O–H groups in total. The first kappa shape index (κ1) is 21.4. The maximum absolute atomic E-state index is 12.8. The van der Waals surface area contributed by atoms with Crippen molar-refractivity contribution >= 4 is 32.7 Å². The molecule has 1 saturated heterocycles. The van der Waals surface area contributed by atoms with E-state index in [1.54, 1.807) is 0 Å². The third kappa shape index (κ3) is 4.45. The largest absolute Gasteiger partial charge is 0.337 e. The SMILES string of the molecule is CC1CCCN(S(=O)(=O)c2ccc(NC(=O)c3ccc4nc(C(F)F)[nH]c4c3)cc2)C1. The lowest BCUT2D eigenvalue weighted by Crippen LogP contribution is -2.39. The Morgan fingerprint density at radius 3 is 2.65 bits per heavy atom. The van der Waals surface area contributed by atoms with E-state index in [0.717, 1.165) is 12.8 Å². The molecule has 1 aliphatic rings. The van der Waals surface area contributed by atoms with E-state index in [1.165, 1.54) is 46.8 Å². The molecule has 1 unspecified atom stereocenters. The van der Waals surface area contributed by atoms with Crippen molar-refractivity contribution in [2.45, 2.75) is 31.1 Å². The molecule has 10 heteroatoms. The Kier molecular flexibility index (Phi) is 5.76. The van der Waals surface area contributed by atoms with Gasteiger partial charge in [-0.05, 0) is 61.2 Å². The number of benzene rings is 2. The molecule has 2 heterocycles. The molecule has 0 radical (unpaired) electrons. The minimum absolute atomic E-state index is 0.179. The predicted octanol–water partition coefficient (Wildman–Crippen LogP) is 4.17. The Labute approximate surface area is 178 Å². The zero-order valence-corrected chi connectivity index (χ0v) is 17.6. The Morgan fingerprint density at radius 2 is 1.97 bits per heavy atom. The molecule has 0 aliphatic carbocycles. The number of halogens is 2. The van der Waals surface area contributed by atoms with Gasteiger partial charge in [-0.1, -0.05) is 6.92 Å². The first-order valence-corrected chi connectivity index (χ1v) is 11.4. The number of rotatable bonds is 5. The van der Waals surface area contributed by atoms with E-state index in [1.807, 2.05) is 6.92 Å². The number of nitrogens with zero attached hydrogens (tertiary/aromatic N) is 2. The number of alkyl halides is 2. The number of imidazole rings is 1. The topological polar surface area (TPSA) is 95.2 Å². The summed E-state index contributed by atoms with van der Waals surface area (Å²) in [5.74, 6) is -0.575. The fraction of sp³-hybridized carbons (Fsp3) is 0.333. The molecule has 1 fully saturated rings. The Morgan fingerprint density at radius 1 is 1.23 bits per heavy atom. The molecule has 1 aliphatic heterocycles. The number of H-pyrrole nitrogens is 1. The third-order valence-electron chi connectivity index (χ3n) is 5.34. The van der Waals surface area contributed by atoms with Gasteiger partial charge in [-0.25, -0.2) is 22.2 Å². The molecule has 4 rings (SSSR count). The quantitative estimate of drug-likeness (QED) is 0.612. The standard InChI is InChI=1S/C21H22F2N4O3S/c1-13-3-2-10-27(12-13)31(29,30)16-7-5-15(6-8-16)24-21(28)14-4-9-17-18(11-14)26-20(25-17)19(22)23/h4-9,11,13,19H,2-3,10,12H2,1H3,(H,24,28)(H,25,26). The number of hydrogen-bond donors (Lipinski definition) is 2. The second-order valence-corrected chi connectivity index (χ2v) is 9.68. The molecule has 0 saturated carbocycles. The lowest BCUT2D eigenvalue weighted by atomic mass is 10.0. The fourth-order valence-electron chi connectivity index (χ4n) is 3.70. The van der Waals surface area contributed by atoms with E-state index in [4.69, 9.17) is 0 Å². The highest BCUT2D eigenvalue weighted by Crippen LogP contribution is 2.25. The van der Waals surface area contributed by atoms with Crippen LogP contribution in [0.4, 0.5) is 14.5 Å². The van der Waals surface area contributed by atoms with E-state index < -0.39 is 28.2 Å². The lowest BCUT2D eigenvalue weighted by Gasteiger charge is -2.30. The van der Waals surface area contributed by atoms with Gasteiger partial charge in [-0.2, -0.15) is 4.31 Å². The average Bonchev–Trinajstić information content (AvgIpc) is 3.18. The summed E-state index contributed by atoms with van der Waals surface area (Å²) >= 11 is 0. The number of amides is 1. The van der Waals surface area contributed by atoms with E-state index in [-0.39, 0.29) is 10.5 Å². The van der Waals surface area contributed by atoms with Crippen molar-refractivity contribution in [1.29, 1.82) is 0 Å². The average molecular weight is 448 g/mol. The Hall–Kier alpha value is -2.85. The van der Waals surface area contributed by atoms with Gasteiger partial charge in [-0.3, -0.25) is 4.79 Å². The molecule has 164 valence electrons. The first-order valence-electron chi connectivity index (χ1n) is 9.93. The van der Waals surface area contributed by atoms with Crippen LogP contribution in [-0.2, 0) is 10.0 Å². The fourth-order valence-corrected chi connectivity index (χ4v) is 5.30. The number of fused-ring (bicyclic) bond motifs is 1. The first-order chi connectivity index (χ1) is 14.7. The molecule has 2 aromatic carbocycles.